The van der Waals surface area contributed by atoms with E-state index in [0.717, 1.165) is 24.2 Å². The van der Waals surface area contributed by atoms with Gasteiger partial charge in [0, 0.05) is 26.7 Å². The van der Waals surface area contributed by atoms with Crippen LogP contribution in [0.25, 0.3) is 0 Å². The van der Waals surface area contributed by atoms with E-state index in [4.69, 9.17) is 4.74 Å². The second kappa shape index (κ2) is 12.8. The highest BCUT2D eigenvalue weighted by molar-refractivity contribution is 14.0. The van der Waals surface area contributed by atoms with Crippen molar-refractivity contribution < 1.29 is 9.53 Å². The van der Waals surface area contributed by atoms with Crippen LogP contribution in [0.15, 0.2) is 23.2 Å². The molecule has 6 nitrogen and oxygen atoms in total. The first kappa shape index (κ1) is 24.5. The first-order chi connectivity index (χ1) is 11.9. The first-order valence-electron chi connectivity index (χ1n) is 8.75. The third-order valence-electron chi connectivity index (χ3n) is 3.99. The van der Waals surface area contributed by atoms with Gasteiger partial charge in [-0.05, 0) is 38.3 Å². The molecule has 1 unspecified atom stereocenters. The van der Waals surface area contributed by atoms with Crippen LogP contribution in [0.1, 0.15) is 31.4 Å². The number of carbonyl (C=O) groups excluding carboxylic acids is 1. The SMILES string of the molecule is CCC(C)NC(=NCC(=O)N(C)C)NCCc1cc(C)ccc1OC.I. The molecule has 1 rings (SSSR count). The molecule has 0 saturated carbocycles. The van der Waals surface area contributed by atoms with Crippen LogP contribution in [0.3, 0.4) is 0 Å². The molecular formula is C19H33IN4O2. The summed E-state index contributed by atoms with van der Waals surface area (Å²) in [6, 6.07) is 6.45. The van der Waals surface area contributed by atoms with Crippen LogP contribution in [-0.4, -0.2) is 57.1 Å². The highest BCUT2D eigenvalue weighted by Crippen LogP contribution is 2.19. The molecule has 0 aliphatic heterocycles. The van der Waals surface area contributed by atoms with Crippen LogP contribution in [0, 0.1) is 6.92 Å². The molecule has 0 radical (unpaired) electrons. The number of guanidine groups is 1. The van der Waals surface area contributed by atoms with E-state index in [9.17, 15) is 4.79 Å². The van der Waals surface area contributed by atoms with Gasteiger partial charge in [-0.15, -0.1) is 24.0 Å². The zero-order valence-electron chi connectivity index (χ0n) is 16.8. The van der Waals surface area contributed by atoms with Crippen LogP contribution in [0.2, 0.25) is 0 Å². The number of hydrogen-bond donors (Lipinski definition) is 2. The molecule has 0 fully saturated rings. The van der Waals surface area contributed by atoms with Crippen molar-refractivity contribution in [2.24, 2.45) is 4.99 Å². The van der Waals surface area contributed by atoms with E-state index in [1.54, 1.807) is 26.1 Å². The summed E-state index contributed by atoms with van der Waals surface area (Å²) < 4.78 is 5.42. The minimum absolute atomic E-state index is 0. The fourth-order valence-corrected chi connectivity index (χ4v) is 2.19. The topological polar surface area (TPSA) is 66.0 Å². The maximum absolute atomic E-state index is 11.8. The van der Waals surface area contributed by atoms with E-state index < -0.39 is 0 Å². The zero-order chi connectivity index (χ0) is 18.8. The lowest BCUT2D eigenvalue weighted by Gasteiger charge is -2.18. The molecule has 148 valence electrons. The number of nitrogens with zero attached hydrogens (tertiary/aromatic N) is 2. The largest absolute Gasteiger partial charge is 0.496 e. The normalized spacial score (nSPS) is 12.0. The van der Waals surface area contributed by atoms with Crippen molar-refractivity contribution in [3.8, 4) is 5.75 Å². The number of methoxy groups -OCH3 is 1. The smallest absolute Gasteiger partial charge is 0.243 e. The van der Waals surface area contributed by atoms with Crippen LogP contribution in [-0.2, 0) is 11.2 Å². The van der Waals surface area contributed by atoms with Crippen molar-refractivity contribution in [3.63, 3.8) is 0 Å². The van der Waals surface area contributed by atoms with Gasteiger partial charge in [0.1, 0.15) is 12.3 Å². The minimum atomic E-state index is -0.0226. The third-order valence-corrected chi connectivity index (χ3v) is 3.99. The maximum atomic E-state index is 11.8. The van der Waals surface area contributed by atoms with Crippen LogP contribution >= 0.6 is 24.0 Å². The highest BCUT2D eigenvalue weighted by Gasteiger charge is 2.08. The summed E-state index contributed by atoms with van der Waals surface area (Å²) in [5.41, 5.74) is 2.36. The van der Waals surface area contributed by atoms with E-state index in [1.807, 2.05) is 12.1 Å². The average Bonchev–Trinajstić information content (AvgIpc) is 2.59. The first-order valence-corrected chi connectivity index (χ1v) is 8.75. The molecule has 7 heteroatoms. The van der Waals surface area contributed by atoms with Crippen molar-refractivity contribution in [2.45, 2.75) is 39.7 Å². The number of amides is 1. The molecule has 0 aliphatic rings. The Morgan fingerprint density at radius 2 is 2.04 bits per heavy atom. The van der Waals surface area contributed by atoms with Gasteiger partial charge in [-0.25, -0.2) is 4.99 Å². The van der Waals surface area contributed by atoms with Gasteiger partial charge < -0.3 is 20.3 Å². The van der Waals surface area contributed by atoms with E-state index in [2.05, 4.69) is 42.5 Å². The van der Waals surface area contributed by atoms with E-state index in [-0.39, 0.29) is 42.5 Å². The van der Waals surface area contributed by atoms with Gasteiger partial charge in [-0.1, -0.05) is 24.6 Å². The molecule has 0 aromatic heterocycles. The Bertz CT molecular complexity index is 591. The Labute approximate surface area is 174 Å². The number of halogens is 1. The number of ether oxygens (including phenoxy) is 1. The molecule has 0 aliphatic carbocycles. The predicted octanol–water partition coefficient (Wildman–Crippen LogP) is 2.59. The molecule has 1 aromatic rings. The predicted molar refractivity (Wildman–Crippen MR) is 119 cm³/mol. The van der Waals surface area contributed by atoms with Crippen molar-refractivity contribution in [1.29, 1.82) is 0 Å². The summed E-state index contributed by atoms with van der Waals surface area (Å²) >= 11 is 0. The van der Waals surface area contributed by atoms with Gasteiger partial charge in [0.15, 0.2) is 5.96 Å². The second-order valence-electron chi connectivity index (χ2n) is 6.40. The number of carbonyl (C=O) groups is 1. The summed E-state index contributed by atoms with van der Waals surface area (Å²) in [6.45, 7) is 7.11. The second-order valence-corrected chi connectivity index (χ2v) is 6.40. The third kappa shape index (κ3) is 8.73. The van der Waals surface area contributed by atoms with Crippen molar-refractivity contribution in [3.05, 3.63) is 29.3 Å². The number of nitrogens with one attached hydrogen (secondary N) is 2. The number of hydrogen-bond acceptors (Lipinski definition) is 3. The van der Waals surface area contributed by atoms with Crippen LogP contribution < -0.4 is 15.4 Å². The highest BCUT2D eigenvalue weighted by atomic mass is 127. The Morgan fingerprint density at radius 1 is 1.35 bits per heavy atom. The summed E-state index contributed by atoms with van der Waals surface area (Å²) in [6.07, 6.45) is 1.79. The van der Waals surface area contributed by atoms with Gasteiger partial charge in [-0.3, -0.25) is 4.79 Å². The molecule has 1 atom stereocenters. The molecule has 0 spiro atoms. The Hall–Kier alpha value is -1.51. The van der Waals surface area contributed by atoms with Gasteiger partial charge >= 0.3 is 0 Å². The van der Waals surface area contributed by atoms with Crippen molar-refractivity contribution >= 4 is 35.8 Å². The Kier molecular flexibility index (Phi) is 12.0. The standard InChI is InChI=1S/C19H32N4O2.HI/c1-7-15(3)22-19(21-13-18(24)23(4)5)20-11-10-16-12-14(2)8-9-17(16)25-6;/h8-9,12,15H,7,10-11,13H2,1-6H3,(H2,20,21,22);1H. The molecule has 1 amide bonds. The van der Waals surface area contributed by atoms with Gasteiger partial charge in [0.2, 0.25) is 5.91 Å². The summed E-state index contributed by atoms with van der Waals surface area (Å²) in [5, 5.41) is 6.64. The lowest BCUT2D eigenvalue weighted by atomic mass is 10.1. The van der Waals surface area contributed by atoms with Crippen molar-refractivity contribution in [2.75, 3.05) is 34.3 Å². The molecule has 0 saturated heterocycles. The average molecular weight is 476 g/mol. The Morgan fingerprint density at radius 3 is 2.62 bits per heavy atom. The van der Waals surface area contributed by atoms with Crippen LogP contribution in [0.4, 0.5) is 0 Å². The zero-order valence-corrected chi connectivity index (χ0v) is 19.1. The lowest BCUT2D eigenvalue weighted by molar-refractivity contribution is -0.127. The van der Waals surface area contributed by atoms with Gasteiger partial charge in [0.05, 0.1) is 7.11 Å². The van der Waals surface area contributed by atoms with Crippen molar-refractivity contribution in [1.82, 2.24) is 15.5 Å². The molecule has 0 heterocycles. The lowest BCUT2D eigenvalue weighted by Crippen LogP contribution is -2.43. The fraction of sp³-hybridized carbons (Fsp3) is 0.579. The van der Waals surface area contributed by atoms with Crippen LogP contribution in [0.5, 0.6) is 5.75 Å². The number of rotatable bonds is 8. The fourth-order valence-electron chi connectivity index (χ4n) is 2.19. The summed E-state index contributed by atoms with van der Waals surface area (Å²) in [4.78, 5) is 17.7. The van der Waals surface area contributed by atoms with E-state index >= 15 is 0 Å². The minimum Gasteiger partial charge on any atom is -0.496 e. The van der Waals surface area contributed by atoms with E-state index in [0.29, 0.717) is 12.5 Å². The monoisotopic (exact) mass is 476 g/mol. The summed E-state index contributed by atoms with van der Waals surface area (Å²) in [7, 11) is 5.15. The molecule has 2 N–H and O–H groups in total. The maximum Gasteiger partial charge on any atom is 0.243 e. The number of aliphatic imine (C=N–C) groups is 1. The molecule has 0 bridgehead atoms. The number of aryl methyl sites for hydroxylation is 1. The number of benzene rings is 1. The quantitative estimate of drug-likeness (QED) is 0.344. The van der Waals surface area contributed by atoms with E-state index in [1.165, 1.54) is 5.56 Å². The molecule has 1 aromatic carbocycles. The molecular weight excluding hydrogens is 443 g/mol. The van der Waals surface area contributed by atoms with Gasteiger partial charge in [-0.2, -0.15) is 0 Å². The number of likely N-dealkylation sites (N-methyl/N-ethyl adjacent to an activating group) is 1. The summed E-state index contributed by atoms with van der Waals surface area (Å²) in [5.74, 6) is 1.53. The van der Waals surface area contributed by atoms with Gasteiger partial charge in [0.25, 0.3) is 0 Å². The molecule has 26 heavy (non-hydrogen) atoms. The Balaban J connectivity index is 0.00000625.